The minimum Gasteiger partial charge on any atom is -0.351 e. The van der Waals surface area contributed by atoms with E-state index in [0.717, 1.165) is 61.2 Å². The maximum Gasteiger partial charge on any atom is 0.246 e. The van der Waals surface area contributed by atoms with Crippen molar-refractivity contribution in [1.82, 2.24) is 24.1 Å². The molecule has 9 heteroatoms. The summed E-state index contributed by atoms with van der Waals surface area (Å²) in [5.74, 6) is 0.625. The molecule has 2 fully saturated rings. The highest BCUT2D eigenvalue weighted by molar-refractivity contribution is 7.13. The van der Waals surface area contributed by atoms with Crippen LogP contribution in [0.25, 0.3) is 21.5 Å². The lowest BCUT2D eigenvalue weighted by Gasteiger charge is -2.42. The van der Waals surface area contributed by atoms with Gasteiger partial charge in [0.15, 0.2) is 0 Å². The summed E-state index contributed by atoms with van der Waals surface area (Å²) in [4.78, 5) is 25.5. The molecular weight excluding hydrogens is 456 g/mol. The number of hydrogen-bond acceptors (Lipinski definition) is 7. The molecule has 0 bridgehead atoms. The van der Waals surface area contributed by atoms with Gasteiger partial charge in [0.2, 0.25) is 11.9 Å². The first-order valence-corrected chi connectivity index (χ1v) is 12.6. The molecule has 1 aliphatic heterocycles. The van der Waals surface area contributed by atoms with Gasteiger partial charge < -0.3 is 10.2 Å². The number of nitrogens with one attached hydrogen (secondary N) is 1. The molecule has 2 aromatic heterocycles. The zero-order valence-electron chi connectivity index (χ0n) is 18.4. The van der Waals surface area contributed by atoms with Gasteiger partial charge >= 0.3 is 0 Å². The van der Waals surface area contributed by atoms with Gasteiger partial charge in [0.25, 0.3) is 0 Å². The molecule has 7 nitrogen and oxygen atoms in total. The fourth-order valence-corrected chi connectivity index (χ4v) is 5.86. The van der Waals surface area contributed by atoms with Crippen LogP contribution in [0.1, 0.15) is 25.7 Å². The van der Waals surface area contributed by atoms with E-state index < -0.39 is 0 Å². The van der Waals surface area contributed by atoms with Gasteiger partial charge in [-0.3, -0.25) is 9.69 Å². The number of amides is 1. The molecule has 2 aliphatic rings. The molecule has 1 N–H and O–H groups in total. The fourth-order valence-electron chi connectivity index (χ4n) is 4.91. The number of nitrogens with zero attached hydrogens (tertiary/aromatic N) is 5. The van der Waals surface area contributed by atoms with Crippen molar-refractivity contribution in [1.29, 1.82) is 0 Å². The van der Waals surface area contributed by atoms with Crippen LogP contribution in [0.3, 0.4) is 0 Å². The molecule has 172 valence electrons. The van der Waals surface area contributed by atoms with Gasteiger partial charge in [-0.25, -0.2) is 9.97 Å². The maximum absolute atomic E-state index is 11.9. The van der Waals surface area contributed by atoms with Crippen molar-refractivity contribution in [2.45, 2.75) is 37.8 Å². The molecule has 3 heterocycles. The Morgan fingerprint density at radius 3 is 2.82 bits per heavy atom. The van der Waals surface area contributed by atoms with Crippen LogP contribution in [0.5, 0.6) is 0 Å². The molecular formula is C24H27ClN6OS. The van der Waals surface area contributed by atoms with Crippen molar-refractivity contribution in [2.24, 2.45) is 0 Å². The van der Waals surface area contributed by atoms with Crippen molar-refractivity contribution < 1.29 is 4.79 Å². The van der Waals surface area contributed by atoms with E-state index in [4.69, 9.17) is 16.6 Å². The highest BCUT2D eigenvalue weighted by atomic mass is 35.5. The van der Waals surface area contributed by atoms with Crippen LogP contribution in [0.4, 0.5) is 5.95 Å². The number of piperazine rings is 1. The Labute approximate surface area is 202 Å². The van der Waals surface area contributed by atoms with Crippen LogP contribution in [-0.4, -0.2) is 68.3 Å². The first kappa shape index (κ1) is 22.3. The number of carbonyl (C=O) groups excluding carboxylic acids is 1. The van der Waals surface area contributed by atoms with Crippen LogP contribution in [0.2, 0.25) is 5.02 Å². The average molecular weight is 483 g/mol. The molecule has 1 aliphatic carbocycles. The van der Waals surface area contributed by atoms with Gasteiger partial charge in [-0.15, -0.1) is 0 Å². The van der Waals surface area contributed by atoms with Crippen LogP contribution < -0.4 is 5.32 Å². The van der Waals surface area contributed by atoms with Crippen molar-refractivity contribution in [2.75, 3.05) is 31.5 Å². The van der Waals surface area contributed by atoms with Gasteiger partial charge in [-0.2, -0.15) is 4.37 Å². The minimum atomic E-state index is 0.0291. The lowest BCUT2D eigenvalue weighted by Crippen LogP contribution is -2.53. The molecule has 1 aromatic carbocycles. The molecule has 0 unspecified atom stereocenters. The third-order valence-electron chi connectivity index (χ3n) is 6.64. The van der Waals surface area contributed by atoms with Crippen molar-refractivity contribution in [3.05, 3.63) is 48.1 Å². The van der Waals surface area contributed by atoms with Crippen LogP contribution >= 0.6 is 23.1 Å². The first-order chi connectivity index (χ1) is 16.1. The number of hydrogen-bond donors (Lipinski definition) is 1. The molecule has 1 saturated carbocycles. The standard InChI is InChI=1S/C24H27ClN6OS/c1-2-21(32)31-12-10-30(11-13-31)17-7-5-6-16(14-17)27-24-26-15-19(25)23(28-24)22-18-8-3-4-9-20(18)33-29-22/h2-4,8-9,15-17H,1,5-7,10-14H2,(H,26,27,28)/t16-,17+/m1/s1. The summed E-state index contributed by atoms with van der Waals surface area (Å²) in [5, 5.41) is 5.12. The molecule has 33 heavy (non-hydrogen) atoms. The smallest absolute Gasteiger partial charge is 0.246 e. The maximum atomic E-state index is 11.9. The van der Waals surface area contributed by atoms with Gasteiger partial charge in [-0.05, 0) is 49.4 Å². The van der Waals surface area contributed by atoms with Gasteiger partial charge in [0.1, 0.15) is 11.4 Å². The number of rotatable bonds is 5. The van der Waals surface area contributed by atoms with Gasteiger partial charge in [0, 0.05) is 43.6 Å². The summed E-state index contributed by atoms with van der Waals surface area (Å²) in [6, 6.07) is 8.93. The largest absolute Gasteiger partial charge is 0.351 e. The van der Waals surface area contributed by atoms with E-state index in [1.165, 1.54) is 24.0 Å². The Hall–Kier alpha value is -2.55. The monoisotopic (exact) mass is 482 g/mol. The topological polar surface area (TPSA) is 74.2 Å². The summed E-state index contributed by atoms with van der Waals surface area (Å²) < 4.78 is 5.72. The number of carbonyl (C=O) groups is 1. The van der Waals surface area contributed by atoms with Crippen LogP contribution in [-0.2, 0) is 4.79 Å². The second-order valence-corrected chi connectivity index (χ2v) is 9.86. The Morgan fingerprint density at radius 2 is 2.00 bits per heavy atom. The number of halogens is 1. The van der Waals surface area contributed by atoms with E-state index in [1.807, 2.05) is 23.1 Å². The van der Waals surface area contributed by atoms with Crippen molar-refractivity contribution >= 4 is 45.1 Å². The van der Waals surface area contributed by atoms with E-state index in [9.17, 15) is 4.79 Å². The summed E-state index contributed by atoms with van der Waals surface area (Å²) in [7, 11) is 0. The molecule has 1 saturated heterocycles. The van der Waals surface area contributed by atoms with E-state index in [-0.39, 0.29) is 5.91 Å². The molecule has 2 atom stereocenters. The lowest BCUT2D eigenvalue weighted by molar-refractivity contribution is -0.128. The van der Waals surface area contributed by atoms with E-state index in [1.54, 1.807) is 6.20 Å². The number of anilines is 1. The zero-order chi connectivity index (χ0) is 22.8. The SMILES string of the molecule is C=CC(=O)N1CCN([C@H]2CCC[C@@H](Nc3ncc(Cl)c(-c4nsc5ccccc45)n3)C2)CC1. The fraction of sp³-hybridized carbons (Fsp3) is 0.417. The Balaban J connectivity index is 1.27. The predicted molar refractivity (Wildman–Crippen MR) is 134 cm³/mol. The van der Waals surface area contributed by atoms with Crippen molar-refractivity contribution in [3.8, 4) is 11.4 Å². The average Bonchev–Trinajstić information content (AvgIpc) is 3.29. The highest BCUT2D eigenvalue weighted by Crippen LogP contribution is 2.34. The van der Waals surface area contributed by atoms with Gasteiger partial charge in [-0.1, -0.05) is 36.4 Å². The predicted octanol–water partition coefficient (Wildman–Crippen LogP) is 4.46. The Morgan fingerprint density at radius 1 is 1.18 bits per heavy atom. The third kappa shape index (κ3) is 4.74. The normalized spacial score (nSPS) is 21.8. The second-order valence-electron chi connectivity index (χ2n) is 8.64. The summed E-state index contributed by atoms with van der Waals surface area (Å²) in [6.07, 6.45) is 7.54. The zero-order valence-corrected chi connectivity index (χ0v) is 20.0. The quantitative estimate of drug-likeness (QED) is 0.541. The molecule has 3 aromatic rings. The Bertz CT molecular complexity index is 1160. The number of fused-ring (bicyclic) bond motifs is 1. The molecule has 5 rings (SSSR count). The minimum absolute atomic E-state index is 0.0291. The lowest BCUT2D eigenvalue weighted by atomic mass is 9.89. The van der Waals surface area contributed by atoms with Gasteiger partial charge in [0.05, 0.1) is 15.9 Å². The molecule has 0 spiro atoms. The number of benzene rings is 1. The summed E-state index contributed by atoms with van der Waals surface area (Å²) >= 11 is 7.92. The molecule has 0 radical (unpaired) electrons. The highest BCUT2D eigenvalue weighted by Gasteiger charge is 2.30. The molecule has 1 amide bonds. The van der Waals surface area contributed by atoms with Crippen LogP contribution in [0.15, 0.2) is 43.1 Å². The van der Waals surface area contributed by atoms with Crippen LogP contribution in [0, 0.1) is 0 Å². The summed E-state index contributed by atoms with van der Waals surface area (Å²) in [6.45, 7) is 6.96. The van der Waals surface area contributed by atoms with Crippen molar-refractivity contribution in [3.63, 3.8) is 0 Å². The summed E-state index contributed by atoms with van der Waals surface area (Å²) in [5.41, 5.74) is 1.47. The van der Waals surface area contributed by atoms with E-state index in [2.05, 4.69) is 32.2 Å². The third-order valence-corrected chi connectivity index (χ3v) is 7.75. The first-order valence-electron chi connectivity index (χ1n) is 11.4. The second kappa shape index (κ2) is 9.75. The Kier molecular flexibility index (Phi) is 6.57. The van der Waals surface area contributed by atoms with E-state index >= 15 is 0 Å². The van der Waals surface area contributed by atoms with E-state index in [0.29, 0.717) is 28.7 Å². The number of aromatic nitrogens is 3.